The zero-order chi connectivity index (χ0) is 13.7. The summed E-state index contributed by atoms with van der Waals surface area (Å²) in [5, 5.41) is 0. The van der Waals surface area contributed by atoms with Crippen LogP contribution in [0.5, 0.6) is 0 Å². The van der Waals surface area contributed by atoms with Crippen LogP contribution in [0.15, 0.2) is 0 Å². The van der Waals surface area contributed by atoms with Crippen LogP contribution in [0.4, 0.5) is 0 Å². The molecule has 5 atom stereocenters. The van der Waals surface area contributed by atoms with Gasteiger partial charge in [0, 0.05) is 20.3 Å². The average molecular weight is 273 g/mol. The Labute approximate surface area is 115 Å². The normalized spacial score (nSPS) is 39.0. The Kier molecular flexibility index (Phi) is 6.04. The Morgan fingerprint density at radius 3 is 2.53 bits per heavy atom. The molecule has 2 N–H and O–H groups in total. The Bertz CT molecular complexity index is 264. The van der Waals surface area contributed by atoms with Crippen LogP contribution >= 0.6 is 0 Å². The summed E-state index contributed by atoms with van der Waals surface area (Å²) in [6, 6.07) is 0.101. The summed E-state index contributed by atoms with van der Waals surface area (Å²) < 4.78 is 22.3. The molecule has 2 aliphatic rings. The van der Waals surface area contributed by atoms with Gasteiger partial charge >= 0.3 is 0 Å². The highest BCUT2D eigenvalue weighted by Crippen LogP contribution is 2.31. The summed E-state index contributed by atoms with van der Waals surface area (Å²) in [5.41, 5.74) is 5.98. The topological polar surface area (TPSA) is 62.9 Å². The first-order valence-electron chi connectivity index (χ1n) is 7.29. The summed E-state index contributed by atoms with van der Waals surface area (Å²) in [7, 11) is 3.45. The molecule has 0 radical (unpaired) electrons. The molecule has 5 nitrogen and oxygen atoms in total. The largest absolute Gasteiger partial charge is 0.382 e. The van der Waals surface area contributed by atoms with E-state index in [0.29, 0.717) is 25.4 Å². The van der Waals surface area contributed by atoms with Crippen molar-refractivity contribution in [3.05, 3.63) is 0 Å². The number of hydrogen-bond acceptors (Lipinski definition) is 5. The highest BCUT2D eigenvalue weighted by atomic mass is 16.6. The lowest BCUT2D eigenvalue weighted by Gasteiger charge is -2.44. The summed E-state index contributed by atoms with van der Waals surface area (Å²) in [4.78, 5) is 0. The highest BCUT2D eigenvalue weighted by Gasteiger charge is 2.42. The van der Waals surface area contributed by atoms with Crippen molar-refractivity contribution in [3.8, 4) is 0 Å². The van der Waals surface area contributed by atoms with Gasteiger partial charge in [-0.15, -0.1) is 0 Å². The third-order valence-electron chi connectivity index (χ3n) is 4.17. The molecule has 0 aromatic heterocycles. The molecule has 0 aliphatic heterocycles. The van der Waals surface area contributed by atoms with Gasteiger partial charge in [-0.1, -0.05) is 0 Å². The Hall–Kier alpha value is -0.200. The maximum absolute atomic E-state index is 6.15. The van der Waals surface area contributed by atoms with E-state index in [-0.39, 0.29) is 18.2 Å². The molecule has 0 amide bonds. The van der Waals surface area contributed by atoms with E-state index in [2.05, 4.69) is 0 Å². The molecule has 2 fully saturated rings. The predicted octanol–water partition coefficient (Wildman–Crippen LogP) is 1.09. The fourth-order valence-electron chi connectivity index (χ4n) is 2.93. The minimum atomic E-state index is 0.0260. The molecule has 19 heavy (non-hydrogen) atoms. The van der Waals surface area contributed by atoms with Gasteiger partial charge in [-0.25, -0.2) is 0 Å². The second kappa shape index (κ2) is 7.55. The van der Waals surface area contributed by atoms with Crippen molar-refractivity contribution in [2.45, 2.75) is 62.6 Å². The lowest BCUT2D eigenvalue weighted by atomic mass is 9.85. The van der Waals surface area contributed by atoms with Gasteiger partial charge in [-0.2, -0.15) is 0 Å². The van der Waals surface area contributed by atoms with E-state index in [1.807, 2.05) is 0 Å². The van der Waals surface area contributed by atoms with Crippen LogP contribution in [-0.4, -0.2) is 57.9 Å². The molecule has 2 saturated carbocycles. The number of nitrogens with two attached hydrogens (primary N) is 1. The molecule has 0 spiro atoms. The molecule has 2 rings (SSSR count). The summed E-state index contributed by atoms with van der Waals surface area (Å²) >= 11 is 0. The van der Waals surface area contributed by atoms with E-state index in [1.165, 1.54) is 6.42 Å². The molecule has 5 heteroatoms. The zero-order valence-corrected chi connectivity index (χ0v) is 12.0. The maximum Gasteiger partial charge on any atom is 0.0989 e. The molecule has 112 valence electrons. The van der Waals surface area contributed by atoms with Crippen LogP contribution in [0, 0.1) is 0 Å². The van der Waals surface area contributed by atoms with Gasteiger partial charge in [0.1, 0.15) is 0 Å². The van der Waals surface area contributed by atoms with Crippen LogP contribution in [-0.2, 0) is 18.9 Å². The number of ether oxygens (including phenoxy) is 4. The van der Waals surface area contributed by atoms with Gasteiger partial charge in [-0.05, 0) is 32.1 Å². The highest BCUT2D eigenvalue weighted by molar-refractivity contribution is 4.96. The van der Waals surface area contributed by atoms with Gasteiger partial charge in [0.15, 0.2) is 0 Å². The van der Waals surface area contributed by atoms with Gasteiger partial charge < -0.3 is 24.7 Å². The van der Waals surface area contributed by atoms with Crippen LogP contribution in [0.3, 0.4) is 0 Å². The minimum Gasteiger partial charge on any atom is -0.382 e. The van der Waals surface area contributed by atoms with Crippen molar-refractivity contribution >= 4 is 0 Å². The summed E-state index contributed by atoms with van der Waals surface area (Å²) in [6.07, 6.45) is 6.15. The SMILES string of the molecule is COCCOC1C(N)CC1OC1CCCC(OC)C1. The smallest absolute Gasteiger partial charge is 0.0989 e. The lowest BCUT2D eigenvalue weighted by Crippen LogP contribution is -2.59. The molecule has 5 unspecified atom stereocenters. The summed E-state index contributed by atoms with van der Waals surface area (Å²) in [5.74, 6) is 0. The number of rotatable bonds is 7. The first kappa shape index (κ1) is 15.2. The zero-order valence-electron chi connectivity index (χ0n) is 12.0. The summed E-state index contributed by atoms with van der Waals surface area (Å²) in [6.45, 7) is 1.19. The predicted molar refractivity (Wildman–Crippen MR) is 72.1 cm³/mol. The first-order valence-corrected chi connectivity index (χ1v) is 7.29. The third kappa shape index (κ3) is 4.13. The minimum absolute atomic E-state index is 0.0260. The average Bonchev–Trinajstić information content (AvgIpc) is 2.43. The Balaban J connectivity index is 1.72. The quantitative estimate of drug-likeness (QED) is 0.704. The molecule has 0 aromatic carbocycles. The second-order valence-electron chi connectivity index (χ2n) is 5.55. The van der Waals surface area contributed by atoms with E-state index >= 15 is 0 Å². The van der Waals surface area contributed by atoms with Gasteiger partial charge in [-0.3, -0.25) is 0 Å². The molecule has 0 aromatic rings. The van der Waals surface area contributed by atoms with Gasteiger partial charge in [0.2, 0.25) is 0 Å². The van der Waals surface area contributed by atoms with E-state index < -0.39 is 0 Å². The van der Waals surface area contributed by atoms with Crippen LogP contribution in [0.2, 0.25) is 0 Å². The molecule has 0 bridgehead atoms. The van der Waals surface area contributed by atoms with E-state index in [9.17, 15) is 0 Å². The molecule has 0 heterocycles. The Morgan fingerprint density at radius 1 is 1.05 bits per heavy atom. The van der Waals surface area contributed by atoms with E-state index in [1.54, 1.807) is 14.2 Å². The molecule has 0 saturated heterocycles. The maximum atomic E-state index is 6.15. The van der Waals surface area contributed by atoms with Crippen molar-refractivity contribution in [3.63, 3.8) is 0 Å². The Morgan fingerprint density at radius 2 is 1.84 bits per heavy atom. The second-order valence-corrected chi connectivity index (χ2v) is 5.55. The van der Waals surface area contributed by atoms with Crippen molar-refractivity contribution < 1.29 is 18.9 Å². The fraction of sp³-hybridized carbons (Fsp3) is 1.00. The van der Waals surface area contributed by atoms with E-state index in [0.717, 1.165) is 25.7 Å². The number of methoxy groups -OCH3 is 2. The van der Waals surface area contributed by atoms with Gasteiger partial charge in [0.05, 0.1) is 37.6 Å². The fourth-order valence-corrected chi connectivity index (χ4v) is 2.93. The molecule has 2 aliphatic carbocycles. The third-order valence-corrected chi connectivity index (χ3v) is 4.17. The van der Waals surface area contributed by atoms with Crippen molar-refractivity contribution in [1.82, 2.24) is 0 Å². The van der Waals surface area contributed by atoms with Gasteiger partial charge in [0.25, 0.3) is 0 Å². The van der Waals surface area contributed by atoms with Crippen molar-refractivity contribution in [1.29, 1.82) is 0 Å². The van der Waals surface area contributed by atoms with E-state index in [4.69, 9.17) is 24.7 Å². The van der Waals surface area contributed by atoms with Crippen LogP contribution in [0.25, 0.3) is 0 Å². The monoisotopic (exact) mass is 273 g/mol. The van der Waals surface area contributed by atoms with Crippen molar-refractivity contribution in [2.24, 2.45) is 5.73 Å². The van der Waals surface area contributed by atoms with Crippen LogP contribution in [0.1, 0.15) is 32.1 Å². The first-order chi connectivity index (χ1) is 9.24. The van der Waals surface area contributed by atoms with Crippen LogP contribution < -0.4 is 5.73 Å². The molecular formula is C14H27NO4. The van der Waals surface area contributed by atoms with Crippen molar-refractivity contribution in [2.75, 3.05) is 27.4 Å². The number of hydrogen-bond donors (Lipinski definition) is 1. The lowest BCUT2D eigenvalue weighted by molar-refractivity contribution is -0.176. The molecular weight excluding hydrogens is 246 g/mol. The standard InChI is InChI=1S/C14H27NO4/c1-16-6-7-18-14-12(15)9-13(14)19-11-5-3-4-10(8-11)17-2/h10-14H,3-9,15H2,1-2H3.